The molecule has 92 valence electrons. The van der Waals surface area contributed by atoms with Crippen molar-refractivity contribution >= 4 is 5.97 Å². The SMILES string of the molecule is COC(=O)[C@H]1COC[C@H]1NCc1ccccc1. The smallest absolute Gasteiger partial charge is 0.312 e. The second kappa shape index (κ2) is 5.80. The first kappa shape index (κ1) is 12.1. The summed E-state index contributed by atoms with van der Waals surface area (Å²) in [4.78, 5) is 11.5. The van der Waals surface area contributed by atoms with Gasteiger partial charge in [0.1, 0.15) is 0 Å². The molecule has 0 radical (unpaired) electrons. The number of hydrogen-bond donors (Lipinski definition) is 1. The molecule has 0 amide bonds. The van der Waals surface area contributed by atoms with Crippen LogP contribution in [0.1, 0.15) is 5.56 Å². The van der Waals surface area contributed by atoms with Crippen molar-refractivity contribution in [2.75, 3.05) is 20.3 Å². The topological polar surface area (TPSA) is 47.6 Å². The summed E-state index contributed by atoms with van der Waals surface area (Å²) in [6.07, 6.45) is 0. The van der Waals surface area contributed by atoms with Crippen molar-refractivity contribution in [2.24, 2.45) is 5.92 Å². The molecule has 0 unspecified atom stereocenters. The zero-order valence-corrected chi connectivity index (χ0v) is 9.89. The van der Waals surface area contributed by atoms with Gasteiger partial charge in [-0.05, 0) is 5.56 Å². The maximum absolute atomic E-state index is 11.5. The Hall–Kier alpha value is -1.39. The number of rotatable bonds is 4. The van der Waals surface area contributed by atoms with E-state index in [9.17, 15) is 4.79 Å². The fourth-order valence-electron chi connectivity index (χ4n) is 1.98. The van der Waals surface area contributed by atoms with E-state index < -0.39 is 0 Å². The molecule has 2 atom stereocenters. The van der Waals surface area contributed by atoms with Crippen LogP contribution in [-0.4, -0.2) is 32.3 Å². The van der Waals surface area contributed by atoms with Crippen molar-refractivity contribution in [1.29, 1.82) is 0 Å². The van der Waals surface area contributed by atoms with Crippen LogP contribution >= 0.6 is 0 Å². The highest BCUT2D eigenvalue weighted by atomic mass is 16.5. The van der Waals surface area contributed by atoms with E-state index in [1.807, 2.05) is 18.2 Å². The lowest BCUT2D eigenvalue weighted by Gasteiger charge is -2.17. The van der Waals surface area contributed by atoms with Gasteiger partial charge < -0.3 is 14.8 Å². The fraction of sp³-hybridized carbons (Fsp3) is 0.462. The van der Waals surface area contributed by atoms with E-state index in [1.165, 1.54) is 12.7 Å². The van der Waals surface area contributed by atoms with Gasteiger partial charge in [0.2, 0.25) is 0 Å². The van der Waals surface area contributed by atoms with Gasteiger partial charge in [-0.3, -0.25) is 4.79 Å². The van der Waals surface area contributed by atoms with Crippen LogP contribution in [0.25, 0.3) is 0 Å². The zero-order valence-electron chi connectivity index (χ0n) is 9.89. The van der Waals surface area contributed by atoms with Gasteiger partial charge in [-0.15, -0.1) is 0 Å². The molecule has 1 aliphatic rings. The van der Waals surface area contributed by atoms with Gasteiger partial charge in [0.05, 0.1) is 26.2 Å². The lowest BCUT2D eigenvalue weighted by atomic mass is 10.0. The normalized spacial score (nSPS) is 23.6. The van der Waals surface area contributed by atoms with Crippen LogP contribution in [0.3, 0.4) is 0 Å². The van der Waals surface area contributed by atoms with Gasteiger partial charge in [0.15, 0.2) is 0 Å². The summed E-state index contributed by atoms with van der Waals surface area (Å²) in [7, 11) is 1.41. The highest BCUT2D eigenvalue weighted by molar-refractivity contribution is 5.73. The van der Waals surface area contributed by atoms with Crippen LogP contribution in [0.15, 0.2) is 30.3 Å². The molecule has 1 aliphatic heterocycles. The van der Waals surface area contributed by atoms with Gasteiger partial charge in [-0.1, -0.05) is 30.3 Å². The first-order valence-electron chi connectivity index (χ1n) is 5.74. The van der Waals surface area contributed by atoms with Crippen molar-refractivity contribution in [3.63, 3.8) is 0 Å². The molecule has 0 saturated carbocycles. The highest BCUT2D eigenvalue weighted by Gasteiger charge is 2.34. The molecule has 0 aromatic heterocycles. The van der Waals surface area contributed by atoms with Crippen molar-refractivity contribution in [1.82, 2.24) is 5.32 Å². The standard InChI is InChI=1S/C13H17NO3/c1-16-13(15)11-8-17-9-12(11)14-7-10-5-3-2-4-6-10/h2-6,11-12,14H,7-9H2,1H3/t11-,12+/m0/s1. The van der Waals surface area contributed by atoms with Crippen LogP contribution in [-0.2, 0) is 20.8 Å². The molecule has 1 saturated heterocycles. The third-order valence-electron chi connectivity index (χ3n) is 3.00. The Morgan fingerprint density at radius 2 is 2.18 bits per heavy atom. The van der Waals surface area contributed by atoms with E-state index in [4.69, 9.17) is 9.47 Å². The zero-order chi connectivity index (χ0) is 12.1. The minimum Gasteiger partial charge on any atom is -0.469 e. The Bertz CT molecular complexity index is 366. The number of methoxy groups -OCH3 is 1. The first-order chi connectivity index (χ1) is 8.31. The van der Waals surface area contributed by atoms with Crippen LogP contribution in [0.5, 0.6) is 0 Å². The Morgan fingerprint density at radius 3 is 2.88 bits per heavy atom. The number of benzene rings is 1. The second-order valence-corrected chi connectivity index (χ2v) is 4.14. The molecule has 0 aliphatic carbocycles. The maximum atomic E-state index is 11.5. The largest absolute Gasteiger partial charge is 0.469 e. The third kappa shape index (κ3) is 3.05. The summed E-state index contributed by atoms with van der Waals surface area (Å²) in [6, 6.07) is 10.1. The summed E-state index contributed by atoms with van der Waals surface area (Å²) < 4.78 is 10.1. The predicted octanol–water partition coefficient (Wildman–Crippen LogP) is 0.964. The van der Waals surface area contributed by atoms with Crippen molar-refractivity contribution in [3.8, 4) is 0 Å². The summed E-state index contributed by atoms with van der Waals surface area (Å²) >= 11 is 0. The summed E-state index contributed by atoms with van der Waals surface area (Å²) in [5.41, 5.74) is 1.20. The van der Waals surface area contributed by atoms with Crippen molar-refractivity contribution in [3.05, 3.63) is 35.9 Å². The molecule has 1 heterocycles. The first-order valence-corrected chi connectivity index (χ1v) is 5.74. The average Bonchev–Trinajstić information content (AvgIpc) is 2.85. The number of hydrogen-bond acceptors (Lipinski definition) is 4. The van der Waals surface area contributed by atoms with E-state index >= 15 is 0 Å². The Labute approximate surface area is 101 Å². The molecule has 1 aromatic rings. The number of carbonyl (C=O) groups is 1. The molecule has 1 aromatic carbocycles. The van der Waals surface area contributed by atoms with Crippen molar-refractivity contribution < 1.29 is 14.3 Å². The molecule has 4 heteroatoms. The molecular formula is C13H17NO3. The number of ether oxygens (including phenoxy) is 2. The summed E-state index contributed by atoms with van der Waals surface area (Å²) in [5.74, 6) is -0.392. The number of carbonyl (C=O) groups excluding carboxylic acids is 1. The summed E-state index contributed by atoms with van der Waals surface area (Å²) in [6.45, 7) is 1.74. The third-order valence-corrected chi connectivity index (χ3v) is 3.00. The second-order valence-electron chi connectivity index (χ2n) is 4.14. The lowest BCUT2D eigenvalue weighted by molar-refractivity contribution is -0.145. The average molecular weight is 235 g/mol. The van der Waals surface area contributed by atoms with Crippen molar-refractivity contribution in [2.45, 2.75) is 12.6 Å². The Balaban J connectivity index is 1.88. The maximum Gasteiger partial charge on any atom is 0.312 e. The number of esters is 1. The Kier molecular flexibility index (Phi) is 4.12. The molecular weight excluding hydrogens is 218 g/mol. The molecule has 4 nitrogen and oxygen atoms in total. The lowest BCUT2D eigenvalue weighted by Crippen LogP contribution is -2.39. The van der Waals surface area contributed by atoms with Crippen LogP contribution in [0.2, 0.25) is 0 Å². The molecule has 17 heavy (non-hydrogen) atoms. The highest BCUT2D eigenvalue weighted by Crippen LogP contribution is 2.15. The van der Waals surface area contributed by atoms with Gasteiger partial charge in [0, 0.05) is 12.6 Å². The van der Waals surface area contributed by atoms with Gasteiger partial charge in [0.25, 0.3) is 0 Å². The van der Waals surface area contributed by atoms with E-state index in [0.717, 1.165) is 6.54 Å². The fourth-order valence-corrected chi connectivity index (χ4v) is 1.98. The van der Waals surface area contributed by atoms with E-state index in [-0.39, 0.29) is 17.9 Å². The van der Waals surface area contributed by atoms with Gasteiger partial charge in [-0.2, -0.15) is 0 Å². The number of nitrogens with one attached hydrogen (secondary N) is 1. The molecule has 0 bridgehead atoms. The minimum absolute atomic E-state index is 0.0441. The van der Waals surface area contributed by atoms with Crippen LogP contribution < -0.4 is 5.32 Å². The van der Waals surface area contributed by atoms with Crippen LogP contribution in [0.4, 0.5) is 0 Å². The van der Waals surface area contributed by atoms with E-state index in [0.29, 0.717) is 13.2 Å². The molecule has 2 rings (SSSR count). The Morgan fingerprint density at radius 1 is 1.41 bits per heavy atom. The van der Waals surface area contributed by atoms with E-state index in [2.05, 4.69) is 17.4 Å². The quantitative estimate of drug-likeness (QED) is 0.790. The molecule has 0 spiro atoms. The van der Waals surface area contributed by atoms with E-state index in [1.54, 1.807) is 0 Å². The molecule has 1 N–H and O–H groups in total. The monoisotopic (exact) mass is 235 g/mol. The van der Waals surface area contributed by atoms with Gasteiger partial charge >= 0.3 is 5.97 Å². The summed E-state index contributed by atoms with van der Waals surface area (Å²) in [5, 5.41) is 3.34. The molecule has 1 fully saturated rings. The van der Waals surface area contributed by atoms with Gasteiger partial charge in [-0.25, -0.2) is 0 Å². The predicted molar refractivity (Wildman–Crippen MR) is 63.4 cm³/mol. The van der Waals surface area contributed by atoms with Crippen LogP contribution in [0, 0.1) is 5.92 Å². The minimum atomic E-state index is -0.201.